The van der Waals surface area contributed by atoms with Crippen LogP contribution in [0.5, 0.6) is 11.5 Å². The molecule has 4 aromatic carbocycles. The van der Waals surface area contributed by atoms with E-state index in [2.05, 4.69) is 5.32 Å². The second kappa shape index (κ2) is 16.4. The quantitative estimate of drug-likeness (QED) is 0.152. The lowest BCUT2D eigenvalue weighted by Gasteiger charge is -2.34. The van der Waals surface area contributed by atoms with Crippen molar-refractivity contribution in [3.05, 3.63) is 118 Å². The Hall–Kier alpha value is -4.25. The fourth-order valence-electron chi connectivity index (χ4n) is 5.98. The number of amides is 2. The number of anilines is 1. The number of carbonyl (C=O) groups excluding carboxylic acids is 2. The molecule has 0 spiro atoms. The Morgan fingerprint density at radius 1 is 0.816 bits per heavy atom. The van der Waals surface area contributed by atoms with E-state index in [9.17, 15) is 18.0 Å². The molecular formula is C37H39Cl2N3O6S. The number of nitrogens with one attached hydrogen (secondary N) is 1. The number of nitrogens with zero attached hydrogens (tertiary/aromatic N) is 2. The molecule has 0 aromatic heterocycles. The predicted molar refractivity (Wildman–Crippen MR) is 192 cm³/mol. The Morgan fingerprint density at radius 2 is 1.47 bits per heavy atom. The van der Waals surface area contributed by atoms with Gasteiger partial charge in [0.25, 0.3) is 10.0 Å². The molecule has 1 fully saturated rings. The van der Waals surface area contributed by atoms with Crippen molar-refractivity contribution in [2.24, 2.45) is 0 Å². The first-order valence-electron chi connectivity index (χ1n) is 16.0. The highest BCUT2D eigenvalue weighted by Crippen LogP contribution is 2.34. The van der Waals surface area contributed by atoms with Gasteiger partial charge in [0.2, 0.25) is 11.8 Å². The van der Waals surface area contributed by atoms with E-state index >= 15 is 0 Å². The predicted octanol–water partition coefficient (Wildman–Crippen LogP) is 6.90. The number of benzene rings is 4. The molecule has 1 saturated carbocycles. The highest BCUT2D eigenvalue weighted by molar-refractivity contribution is 7.92. The molecule has 1 aliphatic carbocycles. The van der Waals surface area contributed by atoms with E-state index in [1.165, 1.54) is 37.3 Å². The first kappa shape index (κ1) is 36.0. The first-order valence-corrected chi connectivity index (χ1v) is 18.2. The lowest BCUT2D eigenvalue weighted by molar-refractivity contribution is -0.140. The van der Waals surface area contributed by atoms with Crippen LogP contribution in [0.15, 0.2) is 102 Å². The maximum absolute atomic E-state index is 14.7. The van der Waals surface area contributed by atoms with Gasteiger partial charge in [-0.3, -0.25) is 13.9 Å². The molecule has 1 N–H and O–H groups in total. The van der Waals surface area contributed by atoms with Crippen LogP contribution in [-0.4, -0.2) is 58.0 Å². The summed E-state index contributed by atoms with van der Waals surface area (Å²) in [4.78, 5) is 30.3. The van der Waals surface area contributed by atoms with Gasteiger partial charge in [0.05, 0.1) is 34.8 Å². The number of rotatable bonds is 14. The molecule has 1 unspecified atom stereocenters. The number of methoxy groups -OCH3 is 2. The molecule has 12 heteroatoms. The Labute approximate surface area is 297 Å². The van der Waals surface area contributed by atoms with Crippen LogP contribution in [0.4, 0.5) is 5.69 Å². The fraction of sp³-hybridized carbons (Fsp3) is 0.297. The summed E-state index contributed by atoms with van der Waals surface area (Å²) in [5.74, 6) is -0.232. The molecule has 0 bridgehead atoms. The molecule has 4 aromatic rings. The summed E-state index contributed by atoms with van der Waals surface area (Å²) in [5.41, 5.74) is 1.65. The molecule has 1 atom stereocenters. The number of ether oxygens (including phenoxy) is 2. The average molecular weight is 725 g/mol. The smallest absolute Gasteiger partial charge is 0.264 e. The zero-order valence-corrected chi connectivity index (χ0v) is 29.7. The minimum Gasteiger partial charge on any atom is -0.493 e. The summed E-state index contributed by atoms with van der Waals surface area (Å²) >= 11 is 12.6. The Balaban J connectivity index is 1.60. The summed E-state index contributed by atoms with van der Waals surface area (Å²) in [7, 11) is -1.37. The fourth-order valence-corrected chi connectivity index (χ4v) is 7.73. The van der Waals surface area contributed by atoms with Crippen LogP contribution in [0.2, 0.25) is 10.0 Å². The Bertz CT molecular complexity index is 1850. The zero-order chi connectivity index (χ0) is 35.0. The van der Waals surface area contributed by atoms with Crippen LogP contribution >= 0.6 is 23.2 Å². The Morgan fingerprint density at radius 3 is 2.10 bits per heavy atom. The molecule has 1 aliphatic rings. The lowest BCUT2D eigenvalue weighted by Crippen LogP contribution is -2.54. The molecule has 9 nitrogen and oxygen atoms in total. The largest absolute Gasteiger partial charge is 0.493 e. The first-order chi connectivity index (χ1) is 23.6. The standard InChI is InChI=1S/C37H39Cl2N3O6S/c1-47-34-20-18-29(23-35(34)48-2)42(49(45,46)30-15-7-4-8-16-30)25-36(43)41(24-27-17-19-31(38)32(39)21-27)33(22-26-11-5-3-6-12-26)37(44)40-28-13-9-10-14-28/h3-8,11-12,15-21,23,28,33H,9-10,13-14,22,24-25H2,1-2H3,(H,40,44). The van der Waals surface area contributed by atoms with Gasteiger partial charge in [-0.2, -0.15) is 0 Å². The number of carbonyl (C=O) groups is 2. The van der Waals surface area contributed by atoms with E-state index in [1.807, 2.05) is 30.3 Å². The number of halogens is 2. The monoisotopic (exact) mass is 723 g/mol. The van der Waals surface area contributed by atoms with Crippen molar-refractivity contribution in [1.29, 1.82) is 0 Å². The maximum atomic E-state index is 14.7. The normalized spacial score (nSPS) is 13.8. The van der Waals surface area contributed by atoms with Crippen LogP contribution in [0.25, 0.3) is 0 Å². The van der Waals surface area contributed by atoms with E-state index in [-0.39, 0.29) is 41.2 Å². The summed E-state index contributed by atoms with van der Waals surface area (Å²) in [6, 6.07) is 25.9. The third kappa shape index (κ3) is 8.86. The van der Waals surface area contributed by atoms with E-state index < -0.39 is 28.5 Å². The number of sulfonamides is 1. The Kier molecular flexibility index (Phi) is 12.1. The van der Waals surface area contributed by atoms with Gasteiger partial charge in [-0.05, 0) is 60.4 Å². The van der Waals surface area contributed by atoms with Gasteiger partial charge in [-0.15, -0.1) is 0 Å². The summed E-state index contributed by atoms with van der Waals surface area (Å²) in [6.07, 6.45) is 3.93. The zero-order valence-electron chi connectivity index (χ0n) is 27.4. The summed E-state index contributed by atoms with van der Waals surface area (Å²) < 4.78 is 40.5. The van der Waals surface area contributed by atoms with Crippen molar-refractivity contribution in [1.82, 2.24) is 10.2 Å². The second-order valence-corrected chi connectivity index (χ2v) is 14.5. The van der Waals surface area contributed by atoms with E-state index in [0.29, 0.717) is 21.4 Å². The molecule has 258 valence electrons. The maximum Gasteiger partial charge on any atom is 0.264 e. The van der Waals surface area contributed by atoms with Crippen LogP contribution in [0.1, 0.15) is 36.8 Å². The van der Waals surface area contributed by atoms with Gasteiger partial charge < -0.3 is 19.7 Å². The average Bonchev–Trinajstić information content (AvgIpc) is 3.63. The van der Waals surface area contributed by atoms with Crippen molar-refractivity contribution >= 4 is 50.7 Å². The molecule has 0 heterocycles. The van der Waals surface area contributed by atoms with Gasteiger partial charge in [0.1, 0.15) is 12.6 Å². The molecule has 49 heavy (non-hydrogen) atoms. The third-order valence-corrected chi connectivity index (χ3v) is 11.1. The van der Waals surface area contributed by atoms with Gasteiger partial charge in [-0.1, -0.05) is 90.6 Å². The highest BCUT2D eigenvalue weighted by atomic mass is 35.5. The van der Waals surface area contributed by atoms with Gasteiger partial charge in [0.15, 0.2) is 11.5 Å². The van der Waals surface area contributed by atoms with E-state index in [1.54, 1.807) is 48.5 Å². The second-order valence-electron chi connectivity index (χ2n) is 11.8. The van der Waals surface area contributed by atoms with Gasteiger partial charge in [-0.25, -0.2) is 8.42 Å². The van der Waals surface area contributed by atoms with E-state index in [4.69, 9.17) is 32.7 Å². The molecule has 5 rings (SSSR count). The van der Waals surface area contributed by atoms with Crippen molar-refractivity contribution < 1.29 is 27.5 Å². The summed E-state index contributed by atoms with van der Waals surface area (Å²) in [6.45, 7) is -0.646. The minimum atomic E-state index is -4.29. The molecule has 0 aliphatic heterocycles. The molecule has 2 amide bonds. The summed E-state index contributed by atoms with van der Waals surface area (Å²) in [5, 5.41) is 3.80. The van der Waals surface area contributed by atoms with Gasteiger partial charge in [0, 0.05) is 25.1 Å². The minimum absolute atomic E-state index is 0.00516. The van der Waals surface area contributed by atoms with Crippen molar-refractivity contribution in [2.75, 3.05) is 25.1 Å². The van der Waals surface area contributed by atoms with Crippen molar-refractivity contribution in [2.45, 2.75) is 55.6 Å². The molecule has 0 saturated heterocycles. The van der Waals surface area contributed by atoms with Crippen LogP contribution in [0, 0.1) is 0 Å². The molecular weight excluding hydrogens is 685 g/mol. The van der Waals surface area contributed by atoms with E-state index in [0.717, 1.165) is 35.6 Å². The number of hydrogen-bond acceptors (Lipinski definition) is 6. The van der Waals surface area contributed by atoms with Crippen LogP contribution < -0.4 is 19.1 Å². The van der Waals surface area contributed by atoms with Gasteiger partial charge >= 0.3 is 0 Å². The highest BCUT2D eigenvalue weighted by Gasteiger charge is 2.36. The lowest BCUT2D eigenvalue weighted by atomic mass is 10.0. The van der Waals surface area contributed by atoms with Crippen LogP contribution in [-0.2, 0) is 32.6 Å². The van der Waals surface area contributed by atoms with Crippen molar-refractivity contribution in [3.8, 4) is 11.5 Å². The SMILES string of the molecule is COc1ccc(N(CC(=O)N(Cc2ccc(Cl)c(Cl)c2)C(Cc2ccccc2)C(=O)NC2CCCC2)S(=O)(=O)c2ccccc2)cc1OC. The molecule has 0 radical (unpaired) electrons. The third-order valence-electron chi connectivity index (χ3n) is 8.57. The number of hydrogen-bond donors (Lipinski definition) is 1. The van der Waals surface area contributed by atoms with Crippen LogP contribution in [0.3, 0.4) is 0 Å². The topological polar surface area (TPSA) is 105 Å². The van der Waals surface area contributed by atoms with Crippen molar-refractivity contribution in [3.63, 3.8) is 0 Å².